The van der Waals surface area contributed by atoms with Gasteiger partial charge in [0.25, 0.3) is 0 Å². The number of nitrogens with one attached hydrogen (secondary N) is 1. The zero-order chi connectivity index (χ0) is 12.4. The molecule has 4 heteroatoms. The molecule has 0 unspecified atom stereocenters. The lowest BCUT2D eigenvalue weighted by atomic mass is 10.2. The maximum absolute atomic E-state index is 4.54. The molecule has 4 nitrogen and oxygen atoms in total. The lowest BCUT2D eigenvalue weighted by Gasteiger charge is -2.16. The van der Waals surface area contributed by atoms with Gasteiger partial charge in [-0.1, -0.05) is 12.1 Å². The van der Waals surface area contributed by atoms with Crippen molar-refractivity contribution in [3.63, 3.8) is 0 Å². The van der Waals surface area contributed by atoms with E-state index < -0.39 is 0 Å². The minimum Gasteiger partial charge on any atom is -0.367 e. The average Bonchev–Trinajstić information content (AvgIpc) is 2.28. The summed E-state index contributed by atoms with van der Waals surface area (Å²) in [5.74, 6) is 1.63. The van der Waals surface area contributed by atoms with E-state index in [1.165, 1.54) is 0 Å². The van der Waals surface area contributed by atoms with Crippen LogP contribution >= 0.6 is 0 Å². The summed E-state index contributed by atoms with van der Waals surface area (Å²) >= 11 is 0. The van der Waals surface area contributed by atoms with Gasteiger partial charge in [0.05, 0.1) is 5.52 Å². The van der Waals surface area contributed by atoms with Crippen LogP contribution in [0.2, 0.25) is 0 Å². The van der Waals surface area contributed by atoms with Crippen LogP contribution in [-0.2, 0) is 0 Å². The number of nitrogens with zero attached hydrogens (tertiary/aromatic N) is 3. The van der Waals surface area contributed by atoms with Crippen LogP contribution in [0.1, 0.15) is 13.8 Å². The minimum atomic E-state index is 0.350. The van der Waals surface area contributed by atoms with E-state index in [9.17, 15) is 0 Å². The topological polar surface area (TPSA) is 41.1 Å². The molecule has 0 aliphatic heterocycles. The molecule has 1 N–H and O–H groups in total. The highest BCUT2D eigenvalue weighted by molar-refractivity contribution is 5.90. The van der Waals surface area contributed by atoms with E-state index in [0.29, 0.717) is 6.04 Å². The van der Waals surface area contributed by atoms with Crippen LogP contribution in [0.25, 0.3) is 10.9 Å². The highest BCUT2D eigenvalue weighted by Crippen LogP contribution is 2.23. The van der Waals surface area contributed by atoms with Crippen LogP contribution in [0.4, 0.5) is 11.8 Å². The number of hydrogen-bond donors (Lipinski definition) is 1. The summed E-state index contributed by atoms with van der Waals surface area (Å²) in [6.07, 6.45) is 0. The summed E-state index contributed by atoms with van der Waals surface area (Å²) in [4.78, 5) is 11.0. The third-order valence-electron chi connectivity index (χ3n) is 2.42. The first-order valence-corrected chi connectivity index (χ1v) is 5.78. The van der Waals surface area contributed by atoms with Gasteiger partial charge in [-0.3, -0.25) is 0 Å². The monoisotopic (exact) mass is 230 g/mol. The zero-order valence-electron chi connectivity index (χ0n) is 10.7. The number of anilines is 2. The molecule has 0 bridgehead atoms. The van der Waals surface area contributed by atoms with Gasteiger partial charge in [-0.15, -0.1) is 0 Å². The van der Waals surface area contributed by atoms with E-state index >= 15 is 0 Å². The van der Waals surface area contributed by atoms with E-state index in [1.807, 2.05) is 43.3 Å². The molecule has 0 saturated carbocycles. The number of para-hydroxylation sites is 1. The van der Waals surface area contributed by atoms with Crippen LogP contribution in [0, 0.1) is 0 Å². The predicted octanol–water partition coefficient (Wildman–Crippen LogP) is 2.52. The molecule has 1 aromatic heterocycles. The molecular weight excluding hydrogens is 212 g/mol. The van der Waals surface area contributed by atoms with Gasteiger partial charge >= 0.3 is 0 Å². The van der Waals surface area contributed by atoms with Gasteiger partial charge in [0, 0.05) is 25.5 Å². The molecule has 1 heterocycles. The second-order valence-corrected chi connectivity index (χ2v) is 4.58. The third-order valence-corrected chi connectivity index (χ3v) is 2.42. The highest BCUT2D eigenvalue weighted by Gasteiger charge is 2.09. The summed E-state index contributed by atoms with van der Waals surface area (Å²) in [6, 6.07) is 8.40. The SMILES string of the molecule is CC(C)Nc1nc(N(C)C)nc2ccccc12. The van der Waals surface area contributed by atoms with E-state index in [0.717, 1.165) is 22.7 Å². The van der Waals surface area contributed by atoms with Gasteiger partial charge in [-0.05, 0) is 26.0 Å². The first-order chi connectivity index (χ1) is 8.08. The molecule has 1 aromatic carbocycles. The second-order valence-electron chi connectivity index (χ2n) is 4.58. The van der Waals surface area contributed by atoms with Crippen molar-refractivity contribution in [1.82, 2.24) is 9.97 Å². The van der Waals surface area contributed by atoms with Crippen molar-refractivity contribution in [1.29, 1.82) is 0 Å². The van der Waals surface area contributed by atoms with Crippen molar-refractivity contribution in [2.45, 2.75) is 19.9 Å². The molecule has 0 atom stereocenters. The molecule has 0 amide bonds. The molecular formula is C13H18N4. The maximum atomic E-state index is 4.54. The fourth-order valence-corrected chi connectivity index (χ4v) is 1.65. The Balaban J connectivity index is 2.60. The summed E-state index contributed by atoms with van der Waals surface area (Å²) in [6.45, 7) is 4.21. The first-order valence-electron chi connectivity index (χ1n) is 5.78. The Kier molecular flexibility index (Phi) is 3.13. The normalized spacial score (nSPS) is 10.9. The molecule has 2 aromatic rings. The number of hydrogen-bond acceptors (Lipinski definition) is 4. The van der Waals surface area contributed by atoms with E-state index in [4.69, 9.17) is 0 Å². The molecule has 0 spiro atoms. The Morgan fingerprint density at radius 2 is 1.82 bits per heavy atom. The molecule has 2 rings (SSSR count). The van der Waals surface area contributed by atoms with Crippen LogP contribution < -0.4 is 10.2 Å². The summed E-state index contributed by atoms with van der Waals surface area (Å²) in [5, 5.41) is 4.43. The summed E-state index contributed by atoms with van der Waals surface area (Å²) < 4.78 is 0. The van der Waals surface area contributed by atoms with Gasteiger partial charge in [-0.2, -0.15) is 4.98 Å². The second kappa shape index (κ2) is 4.57. The van der Waals surface area contributed by atoms with Crippen molar-refractivity contribution in [3.05, 3.63) is 24.3 Å². The van der Waals surface area contributed by atoms with Gasteiger partial charge in [0.1, 0.15) is 5.82 Å². The molecule has 0 aliphatic rings. The van der Waals surface area contributed by atoms with E-state index in [-0.39, 0.29) is 0 Å². The van der Waals surface area contributed by atoms with E-state index in [2.05, 4.69) is 29.1 Å². The van der Waals surface area contributed by atoms with Crippen molar-refractivity contribution < 1.29 is 0 Å². The Hall–Kier alpha value is -1.84. The molecule has 0 aliphatic carbocycles. The maximum Gasteiger partial charge on any atom is 0.227 e. The van der Waals surface area contributed by atoms with E-state index in [1.54, 1.807) is 0 Å². The Labute approximate surface area is 102 Å². The van der Waals surface area contributed by atoms with Crippen LogP contribution in [0.5, 0.6) is 0 Å². The minimum absolute atomic E-state index is 0.350. The highest BCUT2D eigenvalue weighted by atomic mass is 15.2. The largest absolute Gasteiger partial charge is 0.367 e. The average molecular weight is 230 g/mol. The number of aromatic nitrogens is 2. The quantitative estimate of drug-likeness (QED) is 0.879. The van der Waals surface area contributed by atoms with Crippen molar-refractivity contribution in [3.8, 4) is 0 Å². The predicted molar refractivity (Wildman–Crippen MR) is 72.6 cm³/mol. The van der Waals surface area contributed by atoms with Gasteiger partial charge < -0.3 is 10.2 Å². The number of benzene rings is 1. The number of fused-ring (bicyclic) bond motifs is 1. The first kappa shape index (κ1) is 11.6. The lowest BCUT2D eigenvalue weighted by molar-refractivity contribution is 0.886. The third kappa shape index (κ3) is 2.46. The van der Waals surface area contributed by atoms with Crippen molar-refractivity contribution >= 4 is 22.7 Å². The van der Waals surface area contributed by atoms with Crippen LogP contribution in [0.15, 0.2) is 24.3 Å². The van der Waals surface area contributed by atoms with Crippen LogP contribution in [0.3, 0.4) is 0 Å². The Bertz CT molecular complexity index is 520. The van der Waals surface area contributed by atoms with Crippen molar-refractivity contribution in [2.75, 3.05) is 24.3 Å². The molecule has 0 radical (unpaired) electrons. The fourth-order valence-electron chi connectivity index (χ4n) is 1.65. The molecule has 17 heavy (non-hydrogen) atoms. The fraction of sp³-hybridized carbons (Fsp3) is 0.385. The van der Waals surface area contributed by atoms with Gasteiger partial charge in [0.2, 0.25) is 5.95 Å². The zero-order valence-corrected chi connectivity index (χ0v) is 10.7. The van der Waals surface area contributed by atoms with Gasteiger partial charge in [0.15, 0.2) is 0 Å². The van der Waals surface area contributed by atoms with Crippen molar-refractivity contribution in [2.24, 2.45) is 0 Å². The molecule has 90 valence electrons. The lowest BCUT2D eigenvalue weighted by Crippen LogP contribution is -2.16. The summed E-state index contributed by atoms with van der Waals surface area (Å²) in [5.41, 5.74) is 0.967. The smallest absolute Gasteiger partial charge is 0.227 e. The Morgan fingerprint density at radius 1 is 1.12 bits per heavy atom. The Morgan fingerprint density at radius 3 is 2.47 bits per heavy atom. The molecule has 0 saturated heterocycles. The van der Waals surface area contributed by atoms with Crippen LogP contribution in [-0.4, -0.2) is 30.1 Å². The molecule has 0 fully saturated rings. The summed E-state index contributed by atoms with van der Waals surface area (Å²) in [7, 11) is 3.90. The van der Waals surface area contributed by atoms with Gasteiger partial charge in [-0.25, -0.2) is 4.98 Å². The standard InChI is InChI=1S/C13H18N4/c1-9(2)14-12-10-7-5-6-8-11(10)15-13(16-12)17(3)4/h5-9H,1-4H3,(H,14,15,16). The number of rotatable bonds is 3.